The van der Waals surface area contributed by atoms with Crippen LogP contribution in [0.5, 0.6) is 0 Å². The van der Waals surface area contributed by atoms with Gasteiger partial charge in [-0.25, -0.2) is 13.8 Å². The first-order valence-corrected chi connectivity index (χ1v) is 10.8. The number of carbonyl (C=O) groups excluding carboxylic acids is 1. The third kappa shape index (κ3) is 5.30. The highest BCUT2D eigenvalue weighted by atomic mass is 19.4. The van der Waals surface area contributed by atoms with E-state index < -0.39 is 29.3 Å². The van der Waals surface area contributed by atoms with Crippen molar-refractivity contribution in [1.29, 1.82) is 0 Å². The summed E-state index contributed by atoms with van der Waals surface area (Å²) in [6, 6.07) is 13.0. The summed E-state index contributed by atoms with van der Waals surface area (Å²) in [7, 11) is 1.50. The van der Waals surface area contributed by atoms with Crippen molar-refractivity contribution in [3.05, 3.63) is 89.0 Å². The third-order valence-corrected chi connectivity index (χ3v) is 5.49. The van der Waals surface area contributed by atoms with Crippen LogP contribution in [-0.4, -0.2) is 29.2 Å². The molecule has 0 bridgehead atoms. The van der Waals surface area contributed by atoms with E-state index in [1.54, 1.807) is 10.6 Å². The van der Waals surface area contributed by atoms with E-state index in [0.717, 1.165) is 18.2 Å². The molecule has 1 amide bonds. The SMILES string of the molecule is COCCn1c(Nc2c(F)cccc2F)nc2cc(C(=O)NCc3ccccc3C(F)(F)F)ccc21. The van der Waals surface area contributed by atoms with Crippen LogP contribution < -0.4 is 10.6 Å². The van der Waals surface area contributed by atoms with Crippen LogP contribution in [0.4, 0.5) is 33.6 Å². The molecule has 0 atom stereocenters. The fraction of sp³-hybridized carbons (Fsp3) is 0.200. The first-order chi connectivity index (χ1) is 17.2. The van der Waals surface area contributed by atoms with Crippen LogP contribution in [0.2, 0.25) is 0 Å². The molecule has 0 aliphatic carbocycles. The highest BCUT2D eigenvalue weighted by Crippen LogP contribution is 2.32. The van der Waals surface area contributed by atoms with Gasteiger partial charge >= 0.3 is 6.18 Å². The number of fused-ring (bicyclic) bond motifs is 1. The van der Waals surface area contributed by atoms with E-state index in [-0.39, 0.29) is 35.9 Å². The Bertz CT molecular complexity index is 1380. The Hall–Kier alpha value is -3.99. The van der Waals surface area contributed by atoms with Crippen LogP contribution in [0, 0.1) is 11.6 Å². The molecule has 4 aromatic rings. The van der Waals surface area contributed by atoms with Gasteiger partial charge in [-0.3, -0.25) is 4.79 Å². The van der Waals surface area contributed by atoms with E-state index in [9.17, 15) is 26.7 Å². The van der Waals surface area contributed by atoms with Crippen molar-refractivity contribution in [2.75, 3.05) is 19.0 Å². The van der Waals surface area contributed by atoms with E-state index in [4.69, 9.17) is 4.74 Å². The zero-order chi connectivity index (χ0) is 25.9. The molecule has 0 radical (unpaired) electrons. The van der Waals surface area contributed by atoms with Gasteiger partial charge in [0.15, 0.2) is 0 Å². The molecule has 0 aliphatic heterocycles. The van der Waals surface area contributed by atoms with Crippen molar-refractivity contribution in [1.82, 2.24) is 14.9 Å². The second kappa shape index (κ2) is 10.3. The average Bonchev–Trinajstić information content (AvgIpc) is 3.19. The molecule has 11 heteroatoms. The lowest BCUT2D eigenvalue weighted by atomic mass is 10.1. The number of halogens is 5. The Balaban J connectivity index is 1.61. The molecule has 0 unspecified atom stereocenters. The Morgan fingerprint density at radius 3 is 2.44 bits per heavy atom. The van der Waals surface area contributed by atoms with Crippen molar-refractivity contribution in [2.24, 2.45) is 0 Å². The van der Waals surface area contributed by atoms with Gasteiger partial charge in [0.1, 0.15) is 17.3 Å². The van der Waals surface area contributed by atoms with E-state index in [0.29, 0.717) is 17.6 Å². The second-order valence-corrected chi connectivity index (χ2v) is 7.84. The Kier molecular flexibility index (Phi) is 7.20. The molecular formula is C25H21F5N4O2. The summed E-state index contributed by atoms with van der Waals surface area (Å²) in [5, 5.41) is 5.16. The fourth-order valence-corrected chi connectivity index (χ4v) is 3.73. The molecular weight excluding hydrogens is 483 g/mol. The van der Waals surface area contributed by atoms with Gasteiger partial charge in [-0.05, 0) is 42.0 Å². The number of para-hydroxylation sites is 1. The van der Waals surface area contributed by atoms with Crippen molar-refractivity contribution in [3.8, 4) is 0 Å². The van der Waals surface area contributed by atoms with E-state index >= 15 is 0 Å². The molecule has 0 saturated heterocycles. The summed E-state index contributed by atoms with van der Waals surface area (Å²) < 4.78 is 74.8. The molecule has 0 fully saturated rings. The molecule has 0 saturated carbocycles. The molecule has 6 nitrogen and oxygen atoms in total. The fourth-order valence-electron chi connectivity index (χ4n) is 3.73. The predicted molar refractivity (Wildman–Crippen MR) is 124 cm³/mol. The first kappa shape index (κ1) is 25.1. The number of benzene rings is 3. The van der Waals surface area contributed by atoms with Gasteiger partial charge < -0.3 is 19.9 Å². The van der Waals surface area contributed by atoms with Crippen LogP contribution in [0.25, 0.3) is 11.0 Å². The number of anilines is 2. The molecule has 36 heavy (non-hydrogen) atoms. The van der Waals surface area contributed by atoms with Crippen LogP contribution in [0.3, 0.4) is 0 Å². The summed E-state index contributed by atoms with van der Waals surface area (Å²) in [6.45, 7) is 0.250. The van der Waals surface area contributed by atoms with Gasteiger partial charge in [0.25, 0.3) is 5.91 Å². The number of nitrogens with one attached hydrogen (secondary N) is 2. The Labute approximate surface area is 202 Å². The number of rotatable bonds is 8. The van der Waals surface area contributed by atoms with Gasteiger partial charge in [0, 0.05) is 25.8 Å². The summed E-state index contributed by atoms with van der Waals surface area (Å²) in [6.07, 6.45) is -4.55. The summed E-state index contributed by atoms with van der Waals surface area (Å²) in [5.74, 6) is -2.09. The lowest BCUT2D eigenvalue weighted by Crippen LogP contribution is -2.24. The number of hydrogen-bond acceptors (Lipinski definition) is 4. The third-order valence-electron chi connectivity index (χ3n) is 5.49. The summed E-state index contributed by atoms with van der Waals surface area (Å²) in [4.78, 5) is 17.1. The first-order valence-electron chi connectivity index (χ1n) is 10.8. The number of hydrogen-bond donors (Lipinski definition) is 2. The molecule has 1 aromatic heterocycles. The molecule has 2 N–H and O–H groups in total. The van der Waals surface area contributed by atoms with E-state index in [1.165, 1.54) is 43.5 Å². The average molecular weight is 504 g/mol. The second-order valence-electron chi connectivity index (χ2n) is 7.84. The summed E-state index contributed by atoms with van der Waals surface area (Å²) in [5.41, 5.74) is -0.214. The minimum atomic E-state index is -4.55. The van der Waals surface area contributed by atoms with Crippen LogP contribution in [0.1, 0.15) is 21.5 Å². The number of carbonyl (C=O) groups is 1. The summed E-state index contributed by atoms with van der Waals surface area (Å²) >= 11 is 0. The smallest absolute Gasteiger partial charge is 0.383 e. The number of aromatic nitrogens is 2. The number of methoxy groups -OCH3 is 1. The lowest BCUT2D eigenvalue weighted by Gasteiger charge is -2.13. The maximum absolute atomic E-state index is 14.2. The highest BCUT2D eigenvalue weighted by molar-refractivity contribution is 5.97. The lowest BCUT2D eigenvalue weighted by molar-refractivity contribution is -0.138. The predicted octanol–water partition coefficient (Wildman–Crippen LogP) is 5.65. The molecule has 3 aromatic carbocycles. The molecule has 0 spiro atoms. The molecule has 0 aliphatic rings. The van der Waals surface area contributed by atoms with E-state index in [1.807, 2.05) is 0 Å². The number of imidazole rings is 1. The minimum Gasteiger partial charge on any atom is -0.383 e. The number of ether oxygens (including phenoxy) is 1. The van der Waals surface area contributed by atoms with Gasteiger partial charge in [-0.2, -0.15) is 13.2 Å². The monoisotopic (exact) mass is 504 g/mol. The van der Waals surface area contributed by atoms with Crippen LogP contribution in [0.15, 0.2) is 60.7 Å². The molecule has 4 rings (SSSR count). The van der Waals surface area contributed by atoms with Crippen molar-refractivity contribution in [2.45, 2.75) is 19.3 Å². The van der Waals surface area contributed by atoms with E-state index in [2.05, 4.69) is 15.6 Å². The maximum Gasteiger partial charge on any atom is 0.416 e. The van der Waals surface area contributed by atoms with Crippen LogP contribution in [-0.2, 0) is 24.0 Å². The maximum atomic E-state index is 14.2. The molecule has 188 valence electrons. The number of nitrogens with zero attached hydrogens (tertiary/aromatic N) is 2. The topological polar surface area (TPSA) is 68.2 Å². The zero-order valence-electron chi connectivity index (χ0n) is 19.0. The Morgan fingerprint density at radius 2 is 1.75 bits per heavy atom. The van der Waals surface area contributed by atoms with Crippen molar-refractivity contribution >= 4 is 28.6 Å². The van der Waals surface area contributed by atoms with Gasteiger partial charge in [-0.15, -0.1) is 0 Å². The largest absolute Gasteiger partial charge is 0.416 e. The van der Waals surface area contributed by atoms with Gasteiger partial charge in [0.2, 0.25) is 5.95 Å². The zero-order valence-corrected chi connectivity index (χ0v) is 19.0. The Morgan fingerprint density at radius 1 is 1.03 bits per heavy atom. The molecule has 1 heterocycles. The highest BCUT2D eigenvalue weighted by Gasteiger charge is 2.32. The minimum absolute atomic E-state index is 0.0679. The number of alkyl halides is 3. The normalized spacial score (nSPS) is 11.6. The van der Waals surface area contributed by atoms with Crippen LogP contribution >= 0.6 is 0 Å². The van der Waals surface area contributed by atoms with Crippen molar-refractivity contribution in [3.63, 3.8) is 0 Å². The number of amides is 1. The van der Waals surface area contributed by atoms with Gasteiger partial charge in [0.05, 0.1) is 23.2 Å². The van der Waals surface area contributed by atoms with Gasteiger partial charge in [-0.1, -0.05) is 24.3 Å². The standard InChI is InChI=1S/C25H21F5N4O2/c1-36-12-11-34-21-10-9-15(23(35)31-14-16-5-2-3-6-17(16)25(28,29)30)13-20(21)32-24(34)33-22-18(26)7-4-8-19(22)27/h2-10,13H,11-12,14H2,1H3,(H,31,35)(H,32,33). The quantitative estimate of drug-likeness (QED) is 0.304. The van der Waals surface area contributed by atoms with Crippen molar-refractivity contribution < 1.29 is 31.5 Å².